The molecule has 2 nitrogen and oxygen atoms in total. The molecule has 5 rings (SSSR count). The third-order valence-electron chi connectivity index (χ3n) is 7.35. The highest BCUT2D eigenvalue weighted by molar-refractivity contribution is 5.66. The summed E-state index contributed by atoms with van der Waals surface area (Å²) in [6.07, 6.45) is 1.21. The van der Waals surface area contributed by atoms with Gasteiger partial charge in [0.15, 0.2) is 0 Å². The first-order chi connectivity index (χ1) is 14.1. The second kappa shape index (κ2) is 6.95. The summed E-state index contributed by atoms with van der Waals surface area (Å²) in [7, 11) is 3.99. The van der Waals surface area contributed by atoms with Gasteiger partial charge in [-0.15, -0.1) is 0 Å². The Hall–Kier alpha value is -2.74. The van der Waals surface area contributed by atoms with Gasteiger partial charge in [0, 0.05) is 24.7 Å². The van der Waals surface area contributed by atoms with E-state index in [0.29, 0.717) is 17.8 Å². The Labute approximate surface area is 174 Å². The quantitative estimate of drug-likeness (QED) is 0.551. The van der Waals surface area contributed by atoms with Crippen molar-refractivity contribution in [1.29, 1.82) is 0 Å². The minimum absolute atomic E-state index is 0.0840. The molecule has 29 heavy (non-hydrogen) atoms. The van der Waals surface area contributed by atoms with E-state index in [0.717, 1.165) is 12.3 Å². The minimum Gasteiger partial charge on any atom is -0.497 e. The highest BCUT2D eigenvalue weighted by Crippen LogP contribution is 2.64. The van der Waals surface area contributed by atoms with Crippen molar-refractivity contribution in [3.05, 3.63) is 95.6 Å². The van der Waals surface area contributed by atoms with Crippen molar-refractivity contribution >= 4 is 5.69 Å². The lowest BCUT2D eigenvalue weighted by molar-refractivity contribution is 0.356. The van der Waals surface area contributed by atoms with Gasteiger partial charge in [-0.25, -0.2) is 0 Å². The van der Waals surface area contributed by atoms with Crippen LogP contribution in [0, 0.1) is 5.92 Å². The molecule has 0 amide bonds. The highest BCUT2D eigenvalue weighted by atomic mass is 16.5. The molecule has 0 saturated heterocycles. The van der Waals surface area contributed by atoms with E-state index < -0.39 is 0 Å². The number of likely N-dealkylation sites (N-methyl/N-ethyl adjacent to an activating group) is 1. The van der Waals surface area contributed by atoms with Crippen molar-refractivity contribution in [2.24, 2.45) is 5.92 Å². The van der Waals surface area contributed by atoms with Gasteiger partial charge in [-0.2, -0.15) is 0 Å². The first-order valence-electron chi connectivity index (χ1n) is 10.6. The number of fused-ring (bicyclic) bond motifs is 2. The molecule has 3 aromatic rings. The molecule has 4 atom stereocenters. The van der Waals surface area contributed by atoms with Gasteiger partial charge in [-0.1, -0.05) is 67.6 Å². The first kappa shape index (κ1) is 18.3. The largest absolute Gasteiger partial charge is 0.497 e. The number of methoxy groups -OCH3 is 1. The number of nitrogens with zero attached hydrogens (tertiary/aromatic N) is 1. The third-order valence-corrected chi connectivity index (χ3v) is 7.35. The summed E-state index contributed by atoms with van der Waals surface area (Å²) in [6.45, 7) is 3.51. The maximum atomic E-state index is 5.43. The number of hydrogen-bond donors (Lipinski definition) is 0. The molecule has 2 aliphatic rings. The number of ether oxygens (including phenoxy) is 1. The molecule has 0 aromatic heterocycles. The maximum absolute atomic E-state index is 5.43. The molecular weight excluding hydrogens is 354 g/mol. The molecule has 4 unspecified atom stereocenters. The zero-order valence-corrected chi connectivity index (χ0v) is 17.5. The summed E-state index contributed by atoms with van der Waals surface area (Å²) in [5, 5.41) is 0. The van der Waals surface area contributed by atoms with Crippen LogP contribution in [-0.2, 0) is 5.41 Å². The zero-order chi connectivity index (χ0) is 20.0. The molecule has 0 bridgehead atoms. The molecule has 0 N–H and O–H groups in total. The summed E-state index contributed by atoms with van der Waals surface area (Å²) in [5.74, 6) is 2.52. The van der Waals surface area contributed by atoms with Crippen molar-refractivity contribution in [2.45, 2.75) is 30.6 Å². The molecule has 1 spiro atoms. The normalized spacial score (nSPS) is 28.0. The molecule has 1 saturated carbocycles. The zero-order valence-electron chi connectivity index (χ0n) is 17.5. The Kier molecular flexibility index (Phi) is 4.38. The lowest BCUT2D eigenvalue weighted by Crippen LogP contribution is -2.39. The van der Waals surface area contributed by atoms with Crippen LogP contribution in [0.25, 0.3) is 0 Å². The van der Waals surface area contributed by atoms with E-state index in [9.17, 15) is 0 Å². The van der Waals surface area contributed by atoms with E-state index in [-0.39, 0.29) is 5.41 Å². The predicted molar refractivity (Wildman–Crippen MR) is 120 cm³/mol. The topological polar surface area (TPSA) is 12.5 Å². The van der Waals surface area contributed by atoms with Gasteiger partial charge in [0.05, 0.1) is 7.11 Å². The Bertz CT molecular complexity index is 997. The number of rotatable bonds is 3. The average molecular weight is 384 g/mol. The average Bonchev–Trinajstić information content (AvgIpc) is 3.23. The van der Waals surface area contributed by atoms with Crippen LogP contribution in [-0.4, -0.2) is 20.7 Å². The van der Waals surface area contributed by atoms with Crippen LogP contribution in [0.1, 0.15) is 41.9 Å². The lowest BCUT2D eigenvalue weighted by atomic mass is 9.64. The smallest absolute Gasteiger partial charge is 0.118 e. The van der Waals surface area contributed by atoms with Crippen LogP contribution in [0.4, 0.5) is 5.69 Å². The van der Waals surface area contributed by atoms with Crippen LogP contribution in [0.5, 0.6) is 5.75 Å². The van der Waals surface area contributed by atoms with Crippen molar-refractivity contribution in [1.82, 2.24) is 0 Å². The molecule has 1 aliphatic heterocycles. The van der Waals surface area contributed by atoms with E-state index in [1.165, 1.54) is 28.8 Å². The van der Waals surface area contributed by atoms with Gasteiger partial charge < -0.3 is 9.64 Å². The Balaban J connectivity index is 1.72. The fraction of sp³-hybridized carbons (Fsp3) is 0.333. The second-order valence-electron chi connectivity index (χ2n) is 8.84. The maximum Gasteiger partial charge on any atom is 0.118 e. The Morgan fingerprint density at radius 1 is 0.862 bits per heavy atom. The van der Waals surface area contributed by atoms with Crippen LogP contribution in [0.2, 0.25) is 0 Å². The monoisotopic (exact) mass is 383 g/mol. The van der Waals surface area contributed by atoms with Gasteiger partial charge in [0.1, 0.15) is 5.75 Å². The minimum atomic E-state index is 0.0840. The molecule has 0 radical (unpaired) electrons. The predicted octanol–water partition coefficient (Wildman–Crippen LogP) is 5.99. The molecule has 1 fully saturated rings. The fourth-order valence-electron chi connectivity index (χ4n) is 6.33. The van der Waals surface area contributed by atoms with Gasteiger partial charge >= 0.3 is 0 Å². The second-order valence-corrected chi connectivity index (χ2v) is 8.84. The van der Waals surface area contributed by atoms with Crippen LogP contribution in [0.3, 0.4) is 0 Å². The van der Waals surface area contributed by atoms with Gasteiger partial charge in [0.2, 0.25) is 0 Å². The summed E-state index contributed by atoms with van der Waals surface area (Å²) < 4.78 is 5.43. The van der Waals surface area contributed by atoms with E-state index in [1.807, 2.05) is 0 Å². The molecule has 2 heteroatoms. The van der Waals surface area contributed by atoms with Gasteiger partial charge in [-0.05, 0) is 59.1 Å². The van der Waals surface area contributed by atoms with Crippen LogP contribution < -0.4 is 9.64 Å². The van der Waals surface area contributed by atoms with Crippen molar-refractivity contribution in [3.8, 4) is 5.75 Å². The van der Waals surface area contributed by atoms with Crippen molar-refractivity contribution in [2.75, 3.05) is 25.6 Å². The first-order valence-corrected chi connectivity index (χ1v) is 10.6. The number of benzene rings is 3. The van der Waals surface area contributed by atoms with Gasteiger partial charge in [0.25, 0.3) is 0 Å². The highest BCUT2D eigenvalue weighted by Gasteiger charge is 2.59. The van der Waals surface area contributed by atoms with Crippen LogP contribution >= 0.6 is 0 Å². The number of hydrogen-bond acceptors (Lipinski definition) is 2. The van der Waals surface area contributed by atoms with Crippen molar-refractivity contribution < 1.29 is 4.74 Å². The molecule has 148 valence electrons. The van der Waals surface area contributed by atoms with E-state index >= 15 is 0 Å². The third kappa shape index (κ3) is 2.69. The Morgan fingerprint density at radius 3 is 2.28 bits per heavy atom. The fourth-order valence-corrected chi connectivity index (χ4v) is 6.33. The van der Waals surface area contributed by atoms with E-state index in [4.69, 9.17) is 4.74 Å². The summed E-state index contributed by atoms with van der Waals surface area (Å²) in [5.41, 5.74) is 5.89. The lowest BCUT2D eigenvalue weighted by Gasteiger charge is -2.39. The molecule has 1 heterocycles. The summed E-state index contributed by atoms with van der Waals surface area (Å²) in [4.78, 5) is 2.47. The summed E-state index contributed by atoms with van der Waals surface area (Å²) in [6, 6.07) is 29.1. The summed E-state index contributed by atoms with van der Waals surface area (Å²) >= 11 is 0. The molecular formula is C27H29NO. The van der Waals surface area contributed by atoms with Crippen molar-refractivity contribution in [3.63, 3.8) is 0 Å². The van der Waals surface area contributed by atoms with E-state index in [1.54, 1.807) is 7.11 Å². The van der Waals surface area contributed by atoms with Gasteiger partial charge in [-0.3, -0.25) is 0 Å². The molecule has 3 aromatic carbocycles. The number of para-hydroxylation sites is 1. The Morgan fingerprint density at radius 2 is 1.55 bits per heavy atom. The number of anilines is 1. The van der Waals surface area contributed by atoms with E-state index in [2.05, 4.69) is 97.7 Å². The van der Waals surface area contributed by atoms with Crippen LogP contribution in [0.15, 0.2) is 78.9 Å². The standard InChI is InChI=1S/C27H29NO/c1-19-17-24(20-9-5-4-6-10-20)27(18-28(2)25-12-8-7-11-23(25)27)26(19)21-13-15-22(29-3)16-14-21/h4-16,19,24,26H,17-18H2,1-3H3. The molecule has 1 aliphatic carbocycles. The SMILES string of the molecule is COc1ccc(C2C(C)CC(c3ccccc3)C23CN(C)c2ccccc23)cc1.